The van der Waals surface area contributed by atoms with Crippen molar-refractivity contribution < 1.29 is 14.6 Å². The second-order valence-corrected chi connectivity index (χ2v) is 6.84. The van der Waals surface area contributed by atoms with E-state index in [2.05, 4.69) is 10.2 Å². The van der Waals surface area contributed by atoms with E-state index in [0.717, 1.165) is 31.3 Å². The molecule has 0 spiro atoms. The van der Waals surface area contributed by atoms with Gasteiger partial charge in [-0.25, -0.2) is 0 Å². The number of amides is 1. The fourth-order valence-corrected chi connectivity index (χ4v) is 3.14. The number of benzene rings is 1. The van der Waals surface area contributed by atoms with Crippen LogP contribution in [0.25, 0.3) is 0 Å². The minimum Gasteiger partial charge on any atom is -0.385 e. The maximum Gasteiger partial charge on any atom is 0.223 e. The first-order chi connectivity index (χ1) is 11.0. The molecule has 2 fully saturated rings. The highest BCUT2D eigenvalue weighted by atomic mass is 16.5. The summed E-state index contributed by atoms with van der Waals surface area (Å²) in [7, 11) is 0. The first-order valence-corrected chi connectivity index (χ1v) is 8.45. The Hall–Kier alpha value is -1.43. The Kier molecular flexibility index (Phi) is 4.99. The van der Waals surface area contributed by atoms with E-state index >= 15 is 0 Å². The molecule has 1 amide bonds. The molecule has 2 atom stereocenters. The zero-order chi connectivity index (χ0) is 16.3. The van der Waals surface area contributed by atoms with Crippen LogP contribution in [0.4, 0.5) is 0 Å². The molecule has 1 heterocycles. The summed E-state index contributed by atoms with van der Waals surface area (Å²) in [5.41, 5.74) is -0.400. The summed E-state index contributed by atoms with van der Waals surface area (Å²) in [5, 5.41) is 13.4. The Morgan fingerprint density at radius 2 is 2.13 bits per heavy atom. The van der Waals surface area contributed by atoms with Crippen LogP contribution in [0.15, 0.2) is 30.3 Å². The number of hydrogen-bond acceptors (Lipinski definition) is 4. The predicted molar refractivity (Wildman–Crippen MR) is 88.0 cm³/mol. The molecule has 1 saturated heterocycles. The minimum atomic E-state index is -1.15. The normalized spacial score (nSPS) is 24.9. The maximum atomic E-state index is 12.2. The molecule has 5 nitrogen and oxygen atoms in total. The molecule has 1 aliphatic heterocycles. The van der Waals surface area contributed by atoms with E-state index in [0.29, 0.717) is 6.54 Å². The summed E-state index contributed by atoms with van der Waals surface area (Å²) >= 11 is 0. The molecule has 0 radical (unpaired) electrons. The predicted octanol–water partition coefficient (Wildman–Crippen LogP) is 1.26. The average molecular weight is 318 g/mol. The number of aliphatic hydroxyl groups is 1. The van der Waals surface area contributed by atoms with Crippen molar-refractivity contribution in [2.75, 3.05) is 26.2 Å². The molecule has 2 N–H and O–H groups in total. The molecule has 1 saturated carbocycles. The summed E-state index contributed by atoms with van der Waals surface area (Å²) in [6.45, 7) is 4.80. The second kappa shape index (κ2) is 6.99. The maximum absolute atomic E-state index is 12.2. The lowest BCUT2D eigenvalue weighted by Crippen LogP contribution is -2.48. The summed E-state index contributed by atoms with van der Waals surface area (Å²) in [6, 6.07) is 10.0. The molecule has 1 aromatic rings. The van der Waals surface area contributed by atoms with Crippen LogP contribution in [0.2, 0.25) is 0 Å². The fourth-order valence-electron chi connectivity index (χ4n) is 3.14. The van der Waals surface area contributed by atoms with E-state index in [-0.39, 0.29) is 18.4 Å². The van der Waals surface area contributed by atoms with Crippen LogP contribution in [0, 0.1) is 0 Å². The molecule has 0 aromatic heterocycles. The highest BCUT2D eigenvalue weighted by molar-refractivity contribution is 5.77. The number of nitrogens with one attached hydrogen (secondary N) is 1. The highest BCUT2D eigenvalue weighted by Crippen LogP contribution is 2.28. The third-order valence-electron chi connectivity index (χ3n) is 4.66. The van der Waals surface area contributed by atoms with Gasteiger partial charge in [-0.2, -0.15) is 0 Å². The van der Waals surface area contributed by atoms with E-state index in [1.807, 2.05) is 30.3 Å². The van der Waals surface area contributed by atoms with Gasteiger partial charge in [-0.3, -0.25) is 9.69 Å². The van der Waals surface area contributed by atoms with Gasteiger partial charge in [0, 0.05) is 25.7 Å². The van der Waals surface area contributed by atoms with Crippen LogP contribution in [0.3, 0.4) is 0 Å². The summed E-state index contributed by atoms with van der Waals surface area (Å²) in [5.74, 6) is -0.147. The Balaban J connectivity index is 1.45. The molecular formula is C18H26N2O3. The molecular weight excluding hydrogens is 292 g/mol. The largest absolute Gasteiger partial charge is 0.385 e. The molecule has 2 aliphatic rings. The number of ether oxygens (including phenoxy) is 1. The molecule has 1 aliphatic carbocycles. The number of carbonyl (C=O) groups excluding carboxylic acids is 1. The van der Waals surface area contributed by atoms with Gasteiger partial charge in [-0.1, -0.05) is 30.3 Å². The lowest BCUT2D eigenvalue weighted by atomic mass is 9.92. The van der Waals surface area contributed by atoms with E-state index in [9.17, 15) is 9.90 Å². The zero-order valence-corrected chi connectivity index (χ0v) is 13.7. The third kappa shape index (κ3) is 4.53. The topological polar surface area (TPSA) is 61.8 Å². The van der Waals surface area contributed by atoms with Crippen molar-refractivity contribution in [3.8, 4) is 0 Å². The monoisotopic (exact) mass is 318 g/mol. The van der Waals surface area contributed by atoms with Gasteiger partial charge < -0.3 is 15.2 Å². The van der Waals surface area contributed by atoms with Crippen molar-refractivity contribution >= 4 is 5.91 Å². The number of nitrogens with zero attached hydrogens (tertiary/aromatic N) is 1. The first kappa shape index (κ1) is 16.4. The van der Waals surface area contributed by atoms with Crippen LogP contribution in [-0.2, 0) is 15.1 Å². The molecule has 2 unspecified atom stereocenters. The van der Waals surface area contributed by atoms with Crippen LogP contribution >= 0.6 is 0 Å². The van der Waals surface area contributed by atoms with Crippen molar-refractivity contribution in [2.24, 2.45) is 0 Å². The molecule has 5 heteroatoms. The van der Waals surface area contributed by atoms with Gasteiger partial charge in [0.05, 0.1) is 24.7 Å². The minimum absolute atomic E-state index is 0.0509. The second-order valence-electron chi connectivity index (χ2n) is 6.84. The Morgan fingerprint density at radius 1 is 1.39 bits per heavy atom. The van der Waals surface area contributed by atoms with Gasteiger partial charge in [0.1, 0.15) is 0 Å². The van der Waals surface area contributed by atoms with Gasteiger partial charge in [-0.05, 0) is 25.3 Å². The molecule has 3 rings (SSSR count). The van der Waals surface area contributed by atoms with Crippen LogP contribution in [0.1, 0.15) is 31.7 Å². The van der Waals surface area contributed by atoms with E-state index < -0.39 is 5.60 Å². The first-order valence-electron chi connectivity index (χ1n) is 8.45. The molecule has 0 bridgehead atoms. The van der Waals surface area contributed by atoms with Gasteiger partial charge >= 0.3 is 0 Å². The average Bonchev–Trinajstić information content (AvgIpc) is 3.39. The number of rotatable bonds is 6. The van der Waals surface area contributed by atoms with Crippen LogP contribution in [0.5, 0.6) is 0 Å². The number of hydrogen-bond donors (Lipinski definition) is 2. The SMILES string of the molecule is CC(O)(CC(=O)NCC1CN(C2CC2)CCO1)c1ccccc1. The lowest BCUT2D eigenvalue weighted by molar-refractivity contribution is -0.127. The highest BCUT2D eigenvalue weighted by Gasteiger charge is 2.33. The number of morpholine rings is 1. The van der Waals surface area contributed by atoms with Gasteiger partial charge in [0.25, 0.3) is 0 Å². The Labute approximate surface area is 137 Å². The zero-order valence-electron chi connectivity index (χ0n) is 13.7. The number of carbonyl (C=O) groups is 1. The molecule has 23 heavy (non-hydrogen) atoms. The van der Waals surface area contributed by atoms with Gasteiger partial charge in [0.15, 0.2) is 0 Å². The molecule has 1 aromatic carbocycles. The van der Waals surface area contributed by atoms with E-state index in [1.54, 1.807) is 6.92 Å². The van der Waals surface area contributed by atoms with Crippen molar-refractivity contribution in [2.45, 2.75) is 43.9 Å². The summed E-state index contributed by atoms with van der Waals surface area (Å²) in [4.78, 5) is 14.6. The standard InChI is InChI=1S/C18H26N2O3/c1-18(22,14-5-3-2-4-6-14)11-17(21)19-12-16-13-20(9-10-23-16)15-7-8-15/h2-6,15-16,22H,7-13H2,1H3,(H,19,21). The van der Waals surface area contributed by atoms with Crippen molar-refractivity contribution in [3.05, 3.63) is 35.9 Å². The van der Waals surface area contributed by atoms with Crippen molar-refractivity contribution in [3.63, 3.8) is 0 Å². The summed E-state index contributed by atoms with van der Waals surface area (Å²) in [6.07, 6.45) is 2.68. The summed E-state index contributed by atoms with van der Waals surface area (Å²) < 4.78 is 5.73. The Bertz CT molecular complexity index is 528. The third-order valence-corrected chi connectivity index (χ3v) is 4.66. The quantitative estimate of drug-likeness (QED) is 0.829. The lowest BCUT2D eigenvalue weighted by Gasteiger charge is -2.33. The Morgan fingerprint density at radius 3 is 2.83 bits per heavy atom. The van der Waals surface area contributed by atoms with Crippen molar-refractivity contribution in [1.29, 1.82) is 0 Å². The smallest absolute Gasteiger partial charge is 0.223 e. The van der Waals surface area contributed by atoms with Crippen LogP contribution < -0.4 is 5.32 Å². The molecule has 126 valence electrons. The van der Waals surface area contributed by atoms with E-state index in [1.165, 1.54) is 12.8 Å². The van der Waals surface area contributed by atoms with Crippen molar-refractivity contribution in [1.82, 2.24) is 10.2 Å². The van der Waals surface area contributed by atoms with E-state index in [4.69, 9.17) is 4.74 Å². The van der Waals surface area contributed by atoms with Gasteiger partial charge in [0.2, 0.25) is 5.91 Å². The fraction of sp³-hybridized carbons (Fsp3) is 0.611. The van der Waals surface area contributed by atoms with Crippen LogP contribution in [-0.4, -0.2) is 54.3 Å². The van der Waals surface area contributed by atoms with Gasteiger partial charge in [-0.15, -0.1) is 0 Å².